The van der Waals surface area contributed by atoms with Crippen molar-refractivity contribution in [3.05, 3.63) is 121 Å². The SMILES string of the molecule is O=[PH]([O-])Oc1ccccc1.O=[PH]([O-])Oc1ccccc1.O=[PH]([O-])Oc1ccccc1.O=[PH]([O-])Oc1ccccc1.[Zr+4]. The minimum absolute atomic E-state index is 0. The predicted octanol–water partition coefficient (Wildman–Crippen LogP) is 3.26. The minimum Gasteiger partial charge on any atom is -0.771 e. The molecule has 0 aliphatic heterocycles. The van der Waals surface area contributed by atoms with Crippen molar-refractivity contribution in [2.75, 3.05) is 0 Å². The Balaban J connectivity index is 0.000000516. The predicted molar refractivity (Wildman–Crippen MR) is 144 cm³/mol. The molecule has 0 saturated carbocycles. The Morgan fingerprint density at radius 2 is 0.488 bits per heavy atom. The Bertz CT molecular complexity index is 1100. The average molecular weight is 720 g/mol. The van der Waals surface area contributed by atoms with Crippen LogP contribution in [0.5, 0.6) is 23.0 Å². The molecule has 0 amide bonds. The van der Waals surface area contributed by atoms with Gasteiger partial charge in [-0.3, -0.25) is 18.3 Å². The van der Waals surface area contributed by atoms with Crippen molar-refractivity contribution in [2.45, 2.75) is 0 Å². The van der Waals surface area contributed by atoms with Crippen LogP contribution in [0.15, 0.2) is 121 Å². The first-order valence-corrected chi connectivity index (χ1v) is 15.8. The fourth-order valence-electron chi connectivity index (χ4n) is 2.34. The molecule has 0 heterocycles. The average Bonchev–Trinajstić information content (AvgIpc) is 2.91. The number of benzene rings is 4. The maximum Gasteiger partial charge on any atom is 4.00 e. The van der Waals surface area contributed by atoms with Gasteiger partial charge in [-0.1, -0.05) is 72.8 Å². The second-order valence-corrected chi connectivity index (χ2v) is 9.48. The van der Waals surface area contributed by atoms with Gasteiger partial charge >= 0.3 is 26.2 Å². The maximum absolute atomic E-state index is 10.0. The minimum atomic E-state index is -3.09. The van der Waals surface area contributed by atoms with Crippen molar-refractivity contribution in [3.63, 3.8) is 0 Å². The van der Waals surface area contributed by atoms with E-state index < -0.39 is 33.0 Å². The molecule has 4 atom stereocenters. The van der Waals surface area contributed by atoms with Gasteiger partial charge in [0.1, 0.15) is 23.0 Å². The van der Waals surface area contributed by atoms with Gasteiger partial charge < -0.3 is 37.7 Å². The molecule has 17 heteroatoms. The zero-order valence-electron chi connectivity index (χ0n) is 20.9. The number of hydrogen-bond acceptors (Lipinski definition) is 12. The molecule has 0 saturated heterocycles. The van der Waals surface area contributed by atoms with Gasteiger partial charge in [0.25, 0.3) is 0 Å². The monoisotopic (exact) mass is 718 g/mol. The second kappa shape index (κ2) is 24.3. The van der Waals surface area contributed by atoms with Crippen LogP contribution in [0.2, 0.25) is 0 Å². The molecule has 0 aliphatic rings. The molecular formula is C24H24O12P4Zr. The molecule has 0 aliphatic carbocycles. The Hall–Kier alpha value is -2.28. The summed E-state index contributed by atoms with van der Waals surface area (Å²) in [6, 6.07) is 33.5. The number of rotatable bonds is 8. The van der Waals surface area contributed by atoms with Crippen molar-refractivity contribution >= 4 is 33.0 Å². The first-order chi connectivity index (χ1) is 19.2. The molecule has 0 spiro atoms. The fraction of sp³-hybridized carbons (Fsp3) is 0. The van der Waals surface area contributed by atoms with Gasteiger partial charge in [-0.05, 0) is 48.5 Å². The molecule has 4 aromatic rings. The van der Waals surface area contributed by atoms with Crippen molar-refractivity contribution in [3.8, 4) is 23.0 Å². The van der Waals surface area contributed by atoms with Gasteiger partial charge in [0, 0.05) is 0 Å². The van der Waals surface area contributed by atoms with E-state index in [0.29, 0.717) is 23.0 Å². The van der Waals surface area contributed by atoms with E-state index in [4.69, 9.17) is 0 Å². The molecule has 12 nitrogen and oxygen atoms in total. The van der Waals surface area contributed by atoms with Gasteiger partial charge in [0.15, 0.2) is 33.0 Å². The zero-order chi connectivity index (χ0) is 29.6. The third-order valence-electron chi connectivity index (χ3n) is 3.78. The normalized spacial score (nSPS) is 12.2. The summed E-state index contributed by atoms with van der Waals surface area (Å²) in [5.74, 6) is 1.45. The molecule has 4 aromatic carbocycles. The second-order valence-electron chi connectivity index (χ2n) is 6.66. The van der Waals surface area contributed by atoms with Crippen molar-refractivity contribution in [1.82, 2.24) is 0 Å². The van der Waals surface area contributed by atoms with Gasteiger partial charge in [0.05, 0.1) is 0 Å². The van der Waals surface area contributed by atoms with Crippen LogP contribution in [0.1, 0.15) is 0 Å². The standard InChI is InChI=1S/4C6H7O3P.Zr/c4*7-10(8)9-6-4-2-1-3-5-6;/h4*1-5,10H,(H,7,8);/q;;;;+4/p-4. The Kier molecular flexibility index (Phi) is 23.0. The van der Waals surface area contributed by atoms with E-state index in [9.17, 15) is 37.8 Å². The number of para-hydroxylation sites is 4. The summed E-state index contributed by atoms with van der Waals surface area (Å²) in [4.78, 5) is 40.1. The summed E-state index contributed by atoms with van der Waals surface area (Å²) < 4.78 is 57.7. The third-order valence-corrected chi connectivity index (χ3v) is 5.39. The van der Waals surface area contributed by atoms with E-state index in [1.165, 1.54) is 0 Å². The summed E-state index contributed by atoms with van der Waals surface area (Å²) in [7, 11) is -12.3. The van der Waals surface area contributed by atoms with Crippen molar-refractivity contribution in [1.29, 1.82) is 0 Å². The molecule has 4 unspecified atom stereocenters. The topological polar surface area (TPSA) is 197 Å². The van der Waals surface area contributed by atoms with Crippen LogP contribution >= 0.6 is 33.0 Å². The van der Waals surface area contributed by atoms with E-state index in [2.05, 4.69) is 18.1 Å². The van der Waals surface area contributed by atoms with Crippen LogP contribution in [0.4, 0.5) is 0 Å². The van der Waals surface area contributed by atoms with E-state index in [0.717, 1.165) is 0 Å². The summed E-state index contributed by atoms with van der Waals surface area (Å²) >= 11 is 0. The summed E-state index contributed by atoms with van der Waals surface area (Å²) in [5, 5.41) is 0. The smallest absolute Gasteiger partial charge is 0.771 e. The van der Waals surface area contributed by atoms with Crippen molar-refractivity contribution in [2.24, 2.45) is 0 Å². The van der Waals surface area contributed by atoms with Gasteiger partial charge in [0.2, 0.25) is 0 Å². The molecule has 0 aromatic heterocycles. The summed E-state index contributed by atoms with van der Waals surface area (Å²) in [5.41, 5.74) is 0. The Labute approximate surface area is 258 Å². The van der Waals surface area contributed by atoms with E-state index in [-0.39, 0.29) is 26.2 Å². The Morgan fingerprint density at radius 1 is 0.341 bits per heavy atom. The molecule has 0 N–H and O–H groups in total. The maximum atomic E-state index is 10.0. The molecule has 216 valence electrons. The largest absolute Gasteiger partial charge is 4.00 e. The summed E-state index contributed by atoms with van der Waals surface area (Å²) in [6.45, 7) is 0. The van der Waals surface area contributed by atoms with E-state index in [1.807, 2.05) is 0 Å². The zero-order valence-corrected chi connectivity index (χ0v) is 27.4. The molecule has 4 rings (SSSR count). The Morgan fingerprint density at radius 3 is 0.610 bits per heavy atom. The van der Waals surface area contributed by atoms with Crippen LogP contribution < -0.4 is 37.7 Å². The summed E-state index contributed by atoms with van der Waals surface area (Å²) in [6.07, 6.45) is 0. The van der Waals surface area contributed by atoms with Gasteiger partial charge in [-0.15, -0.1) is 0 Å². The van der Waals surface area contributed by atoms with Crippen LogP contribution in [0, 0.1) is 0 Å². The first-order valence-electron chi connectivity index (χ1n) is 10.9. The first kappa shape index (κ1) is 38.7. The fourth-order valence-corrected chi connectivity index (χ4v) is 3.65. The van der Waals surface area contributed by atoms with E-state index in [1.54, 1.807) is 121 Å². The van der Waals surface area contributed by atoms with Crippen LogP contribution in [-0.4, -0.2) is 0 Å². The van der Waals surface area contributed by atoms with Crippen LogP contribution in [-0.2, 0) is 44.5 Å². The molecule has 0 fully saturated rings. The molecule has 41 heavy (non-hydrogen) atoms. The van der Waals surface area contributed by atoms with Crippen LogP contribution in [0.3, 0.4) is 0 Å². The molecular weight excluding hydrogens is 695 g/mol. The van der Waals surface area contributed by atoms with Crippen LogP contribution in [0.25, 0.3) is 0 Å². The van der Waals surface area contributed by atoms with Gasteiger partial charge in [-0.25, -0.2) is 0 Å². The van der Waals surface area contributed by atoms with Gasteiger partial charge in [-0.2, -0.15) is 0 Å². The van der Waals surface area contributed by atoms with E-state index >= 15 is 0 Å². The molecule has 0 radical (unpaired) electrons. The number of hydrogen-bond donors (Lipinski definition) is 0. The quantitative estimate of drug-likeness (QED) is 0.241. The van der Waals surface area contributed by atoms with Crippen molar-refractivity contribution < 1.29 is 82.1 Å². The molecule has 0 bridgehead atoms. The third kappa shape index (κ3) is 23.0.